The molecule has 0 saturated carbocycles. The highest BCUT2D eigenvalue weighted by atomic mass is 16.5. The first-order valence-corrected chi connectivity index (χ1v) is 9.59. The molecule has 0 aliphatic heterocycles. The Labute approximate surface area is 180 Å². The number of pyridine rings is 1. The van der Waals surface area contributed by atoms with Gasteiger partial charge in [-0.25, -0.2) is 4.98 Å². The number of nitrogen functional groups attached to an aromatic ring is 1. The van der Waals surface area contributed by atoms with Crippen LogP contribution in [0.4, 0.5) is 17.5 Å². The molecule has 2 heterocycles. The third-order valence-electron chi connectivity index (χ3n) is 4.89. The number of hydrogen-bond acceptors (Lipinski definition) is 8. The van der Waals surface area contributed by atoms with Crippen molar-refractivity contribution >= 4 is 28.5 Å². The monoisotopic (exact) mass is 417 g/mol. The van der Waals surface area contributed by atoms with E-state index in [1.807, 2.05) is 49.4 Å². The Hall–Kier alpha value is -4.07. The van der Waals surface area contributed by atoms with E-state index in [0.29, 0.717) is 28.7 Å². The van der Waals surface area contributed by atoms with Crippen molar-refractivity contribution in [3.8, 4) is 28.4 Å². The van der Waals surface area contributed by atoms with Crippen molar-refractivity contribution in [2.24, 2.45) is 0 Å². The second-order valence-electron chi connectivity index (χ2n) is 6.92. The summed E-state index contributed by atoms with van der Waals surface area (Å²) < 4.78 is 16.2. The summed E-state index contributed by atoms with van der Waals surface area (Å²) in [5.74, 6) is 2.66. The van der Waals surface area contributed by atoms with E-state index < -0.39 is 0 Å². The minimum absolute atomic E-state index is 0.132. The molecule has 2 aromatic carbocycles. The van der Waals surface area contributed by atoms with Gasteiger partial charge in [-0.1, -0.05) is 12.1 Å². The summed E-state index contributed by atoms with van der Waals surface area (Å²) in [5.41, 5.74) is 10.1. The SMILES string of the molecule is COc1ccc(C)cc1Nc1nc(N)nc2ncc(-c3ccc(OC)c(OC)c3)cc12. The van der Waals surface area contributed by atoms with Crippen LogP contribution in [0.25, 0.3) is 22.2 Å². The standard InChI is InChI=1S/C23H23N5O3/c1-13-5-7-18(29-2)17(9-13)26-22-16-10-15(12-25-21(16)27-23(24)28-22)14-6-8-19(30-3)20(11-14)31-4/h5-12H,1-4H3,(H3,24,25,26,27,28). The van der Waals surface area contributed by atoms with Crippen LogP contribution in [0.5, 0.6) is 17.2 Å². The van der Waals surface area contributed by atoms with Crippen LogP contribution >= 0.6 is 0 Å². The number of rotatable bonds is 6. The van der Waals surface area contributed by atoms with E-state index in [0.717, 1.165) is 27.8 Å². The van der Waals surface area contributed by atoms with Gasteiger partial charge in [0.15, 0.2) is 17.1 Å². The summed E-state index contributed by atoms with van der Waals surface area (Å²) in [5, 5.41) is 4.05. The van der Waals surface area contributed by atoms with E-state index in [4.69, 9.17) is 19.9 Å². The lowest BCUT2D eigenvalue weighted by Gasteiger charge is -2.14. The molecule has 0 unspecified atom stereocenters. The molecule has 3 N–H and O–H groups in total. The Balaban J connectivity index is 1.83. The van der Waals surface area contributed by atoms with E-state index >= 15 is 0 Å². The maximum Gasteiger partial charge on any atom is 0.224 e. The molecule has 0 aliphatic carbocycles. The van der Waals surface area contributed by atoms with Crippen LogP contribution in [0.2, 0.25) is 0 Å². The number of methoxy groups -OCH3 is 3. The first-order valence-electron chi connectivity index (χ1n) is 9.59. The molecule has 0 fully saturated rings. The minimum Gasteiger partial charge on any atom is -0.495 e. The molecule has 0 bridgehead atoms. The summed E-state index contributed by atoms with van der Waals surface area (Å²) in [6.45, 7) is 2.01. The van der Waals surface area contributed by atoms with Crippen molar-refractivity contribution in [2.75, 3.05) is 32.4 Å². The zero-order valence-electron chi connectivity index (χ0n) is 17.8. The predicted octanol–water partition coefficient (Wildman–Crippen LogP) is 4.35. The van der Waals surface area contributed by atoms with Gasteiger partial charge >= 0.3 is 0 Å². The van der Waals surface area contributed by atoms with Gasteiger partial charge in [0.05, 0.1) is 32.4 Å². The van der Waals surface area contributed by atoms with Gasteiger partial charge in [0, 0.05) is 11.8 Å². The maximum atomic E-state index is 5.93. The van der Waals surface area contributed by atoms with Gasteiger partial charge in [0.1, 0.15) is 11.6 Å². The maximum absolute atomic E-state index is 5.93. The van der Waals surface area contributed by atoms with Crippen LogP contribution in [0, 0.1) is 6.92 Å². The van der Waals surface area contributed by atoms with Crippen molar-refractivity contribution in [1.29, 1.82) is 0 Å². The van der Waals surface area contributed by atoms with Crippen LogP contribution in [0.15, 0.2) is 48.7 Å². The van der Waals surface area contributed by atoms with Crippen molar-refractivity contribution in [3.63, 3.8) is 0 Å². The van der Waals surface area contributed by atoms with Crippen LogP contribution < -0.4 is 25.3 Å². The normalized spacial score (nSPS) is 10.7. The first kappa shape index (κ1) is 20.2. The fraction of sp³-hybridized carbons (Fsp3) is 0.174. The summed E-state index contributed by atoms with van der Waals surface area (Å²) in [7, 11) is 4.83. The quantitative estimate of drug-likeness (QED) is 0.477. The number of hydrogen-bond donors (Lipinski definition) is 2. The molecule has 0 saturated heterocycles. The van der Waals surface area contributed by atoms with E-state index in [1.54, 1.807) is 27.5 Å². The van der Waals surface area contributed by atoms with Crippen molar-refractivity contribution in [2.45, 2.75) is 6.92 Å². The molecule has 31 heavy (non-hydrogen) atoms. The molecule has 0 atom stereocenters. The highest BCUT2D eigenvalue weighted by Crippen LogP contribution is 2.35. The molecule has 8 heteroatoms. The number of nitrogens with zero attached hydrogens (tertiary/aromatic N) is 3. The van der Waals surface area contributed by atoms with Crippen LogP contribution in [-0.4, -0.2) is 36.3 Å². The molecular formula is C23H23N5O3. The summed E-state index contributed by atoms with van der Waals surface area (Å²) in [6, 6.07) is 13.5. The summed E-state index contributed by atoms with van der Waals surface area (Å²) in [4.78, 5) is 13.2. The Morgan fingerprint density at radius 2 is 1.55 bits per heavy atom. The zero-order valence-corrected chi connectivity index (χ0v) is 17.8. The average molecular weight is 417 g/mol. The fourth-order valence-corrected chi connectivity index (χ4v) is 3.35. The lowest BCUT2D eigenvalue weighted by molar-refractivity contribution is 0.355. The molecule has 0 spiro atoms. The molecule has 8 nitrogen and oxygen atoms in total. The van der Waals surface area contributed by atoms with Gasteiger partial charge in [-0.15, -0.1) is 0 Å². The molecule has 2 aromatic heterocycles. The lowest BCUT2D eigenvalue weighted by atomic mass is 10.1. The number of nitrogens with two attached hydrogens (primary N) is 1. The second kappa shape index (κ2) is 8.35. The second-order valence-corrected chi connectivity index (χ2v) is 6.92. The van der Waals surface area contributed by atoms with Crippen LogP contribution in [0.1, 0.15) is 5.56 Å². The van der Waals surface area contributed by atoms with E-state index in [2.05, 4.69) is 20.3 Å². The topological polar surface area (TPSA) is 104 Å². The Bertz CT molecular complexity index is 1260. The number of fused-ring (bicyclic) bond motifs is 1. The molecule has 4 rings (SSSR count). The van der Waals surface area contributed by atoms with Crippen molar-refractivity contribution in [1.82, 2.24) is 15.0 Å². The Kier molecular flexibility index (Phi) is 5.44. The average Bonchev–Trinajstić information content (AvgIpc) is 2.78. The van der Waals surface area contributed by atoms with Crippen molar-refractivity contribution in [3.05, 3.63) is 54.2 Å². The number of aromatic nitrogens is 3. The van der Waals surface area contributed by atoms with E-state index in [-0.39, 0.29) is 5.95 Å². The Morgan fingerprint density at radius 1 is 0.806 bits per heavy atom. The van der Waals surface area contributed by atoms with Gasteiger partial charge < -0.3 is 25.3 Å². The van der Waals surface area contributed by atoms with E-state index in [9.17, 15) is 0 Å². The minimum atomic E-state index is 0.132. The fourth-order valence-electron chi connectivity index (χ4n) is 3.35. The third-order valence-corrected chi connectivity index (χ3v) is 4.89. The van der Waals surface area contributed by atoms with Crippen LogP contribution in [-0.2, 0) is 0 Å². The van der Waals surface area contributed by atoms with Gasteiger partial charge in [0.25, 0.3) is 0 Å². The number of nitrogens with one attached hydrogen (secondary N) is 1. The smallest absolute Gasteiger partial charge is 0.224 e. The van der Waals surface area contributed by atoms with Crippen molar-refractivity contribution < 1.29 is 14.2 Å². The number of benzene rings is 2. The van der Waals surface area contributed by atoms with Gasteiger partial charge in [-0.05, 0) is 48.4 Å². The molecule has 158 valence electrons. The van der Waals surface area contributed by atoms with Crippen LogP contribution in [0.3, 0.4) is 0 Å². The summed E-state index contributed by atoms with van der Waals surface area (Å²) >= 11 is 0. The van der Waals surface area contributed by atoms with Gasteiger partial charge in [0.2, 0.25) is 5.95 Å². The zero-order chi connectivity index (χ0) is 22.0. The van der Waals surface area contributed by atoms with Gasteiger partial charge in [-0.3, -0.25) is 0 Å². The molecular weight excluding hydrogens is 394 g/mol. The van der Waals surface area contributed by atoms with Gasteiger partial charge in [-0.2, -0.15) is 9.97 Å². The predicted molar refractivity (Wildman–Crippen MR) is 121 cm³/mol. The molecule has 4 aromatic rings. The number of anilines is 3. The number of aryl methyl sites for hydroxylation is 1. The third kappa shape index (κ3) is 4.00. The molecule has 0 radical (unpaired) electrons. The molecule has 0 amide bonds. The summed E-state index contributed by atoms with van der Waals surface area (Å²) in [6.07, 6.45) is 1.74. The molecule has 0 aliphatic rings. The first-order chi connectivity index (χ1) is 15.0. The lowest BCUT2D eigenvalue weighted by Crippen LogP contribution is -2.03. The van der Waals surface area contributed by atoms with E-state index in [1.165, 1.54) is 0 Å². The number of ether oxygens (including phenoxy) is 3. The Morgan fingerprint density at radius 3 is 2.29 bits per heavy atom. The highest BCUT2D eigenvalue weighted by Gasteiger charge is 2.13. The largest absolute Gasteiger partial charge is 0.495 e. The highest BCUT2D eigenvalue weighted by molar-refractivity contribution is 5.93.